The van der Waals surface area contributed by atoms with E-state index in [1.165, 1.54) is 0 Å². The van der Waals surface area contributed by atoms with Gasteiger partial charge in [-0.3, -0.25) is 5.43 Å². The molecule has 0 atom stereocenters. The third kappa shape index (κ3) is 2.28. The molecule has 0 saturated carbocycles. The minimum absolute atomic E-state index is 0.0576. The first-order valence-electron chi connectivity index (χ1n) is 3.33. The van der Waals surface area contributed by atoms with Gasteiger partial charge in [-0.2, -0.15) is 9.37 Å². The van der Waals surface area contributed by atoms with Crippen LogP contribution in [0.15, 0.2) is 6.20 Å². The number of terminal acetylenes is 1. The number of halogens is 1. The number of nitrogens with two attached hydrogens (primary N) is 1. The van der Waals surface area contributed by atoms with Gasteiger partial charge in [0.2, 0.25) is 11.8 Å². The molecular weight excluding hydrogens is 175 g/mol. The Morgan fingerprint density at radius 2 is 2.54 bits per heavy atom. The monoisotopic (exact) mass is 182 g/mol. The van der Waals surface area contributed by atoms with E-state index in [9.17, 15) is 4.39 Å². The van der Waals surface area contributed by atoms with Crippen molar-refractivity contribution in [2.24, 2.45) is 5.84 Å². The SMILES string of the molecule is C#CCOc1nc(NN)ncc1F. The molecule has 1 aromatic heterocycles. The van der Waals surface area contributed by atoms with Crippen LogP contribution >= 0.6 is 0 Å². The fourth-order valence-corrected chi connectivity index (χ4v) is 0.632. The van der Waals surface area contributed by atoms with Gasteiger partial charge in [0.1, 0.15) is 0 Å². The summed E-state index contributed by atoms with van der Waals surface area (Å²) in [6.45, 7) is -0.0576. The van der Waals surface area contributed by atoms with Gasteiger partial charge >= 0.3 is 0 Å². The van der Waals surface area contributed by atoms with Gasteiger partial charge in [0, 0.05) is 0 Å². The average Bonchev–Trinajstić information content (AvgIpc) is 2.17. The molecule has 3 N–H and O–H groups in total. The molecule has 13 heavy (non-hydrogen) atoms. The zero-order valence-electron chi connectivity index (χ0n) is 6.62. The van der Waals surface area contributed by atoms with E-state index in [0.717, 1.165) is 6.20 Å². The van der Waals surface area contributed by atoms with E-state index in [1.807, 2.05) is 0 Å². The van der Waals surface area contributed by atoms with Crippen molar-refractivity contribution in [1.29, 1.82) is 0 Å². The lowest BCUT2D eigenvalue weighted by Gasteiger charge is -2.03. The first kappa shape index (κ1) is 9.22. The highest BCUT2D eigenvalue weighted by Crippen LogP contribution is 2.13. The Morgan fingerprint density at radius 3 is 3.15 bits per heavy atom. The normalized spacial score (nSPS) is 9.00. The predicted octanol–water partition coefficient (Wildman–Crippen LogP) is -0.0867. The van der Waals surface area contributed by atoms with Gasteiger partial charge in [-0.05, 0) is 0 Å². The van der Waals surface area contributed by atoms with Crippen molar-refractivity contribution in [3.63, 3.8) is 0 Å². The molecule has 0 aliphatic carbocycles. The van der Waals surface area contributed by atoms with Crippen LogP contribution in [0.25, 0.3) is 0 Å². The molecule has 0 radical (unpaired) electrons. The number of ether oxygens (including phenoxy) is 1. The van der Waals surface area contributed by atoms with Gasteiger partial charge in [-0.1, -0.05) is 5.92 Å². The van der Waals surface area contributed by atoms with Crippen LogP contribution in [0.3, 0.4) is 0 Å². The molecule has 0 aromatic carbocycles. The Balaban J connectivity index is 2.85. The number of hydrazine groups is 1. The van der Waals surface area contributed by atoms with Crippen LogP contribution < -0.4 is 16.0 Å². The summed E-state index contributed by atoms with van der Waals surface area (Å²) in [5, 5.41) is 0. The second kappa shape index (κ2) is 4.23. The fraction of sp³-hybridized carbons (Fsp3) is 0.143. The number of hydrogen-bond acceptors (Lipinski definition) is 5. The summed E-state index contributed by atoms with van der Waals surface area (Å²) >= 11 is 0. The van der Waals surface area contributed by atoms with E-state index in [2.05, 4.69) is 21.3 Å². The van der Waals surface area contributed by atoms with Gasteiger partial charge in [-0.15, -0.1) is 6.42 Å². The van der Waals surface area contributed by atoms with Gasteiger partial charge in [-0.25, -0.2) is 10.8 Å². The van der Waals surface area contributed by atoms with Crippen molar-refractivity contribution < 1.29 is 9.13 Å². The summed E-state index contributed by atoms with van der Waals surface area (Å²) in [6.07, 6.45) is 5.85. The highest BCUT2D eigenvalue weighted by Gasteiger charge is 2.06. The maximum atomic E-state index is 12.8. The first-order chi connectivity index (χ1) is 6.27. The number of nitrogens with one attached hydrogen (secondary N) is 1. The number of aromatic nitrogens is 2. The Kier molecular flexibility index (Phi) is 3.00. The zero-order chi connectivity index (χ0) is 9.68. The van der Waals surface area contributed by atoms with Crippen LogP contribution in [0.1, 0.15) is 0 Å². The molecule has 5 nitrogen and oxygen atoms in total. The lowest BCUT2D eigenvalue weighted by atomic mass is 10.6. The lowest BCUT2D eigenvalue weighted by molar-refractivity contribution is 0.331. The molecule has 0 saturated heterocycles. The van der Waals surface area contributed by atoms with E-state index < -0.39 is 5.82 Å². The van der Waals surface area contributed by atoms with Crippen molar-refractivity contribution in [3.05, 3.63) is 12.0 Å². The smallest absolute Gasteiger partial charge is 0.256 e. The number of nitrogens with zero attached hydrogens (tertiary/aromatic N) is 2. The molecule has 0 aliphatic heterocycles. The third-order valence-electron chi connectivity index (χ3n) is 1.13. The van der Waals surface area contributed by atoms with Crippen molar-refractivity contribution in [2.45, 2.75) is 0 Å². The molecule has 1 rings (SSSR count). The maximum absolute atomic E-state index is 12.8. The minimum Gasteiger partial charge on any atom is -0.462 e. The molecule has 0 amide bonds. The van der Waals surface area contributed by atoms with E-state index in [1.54, 1.807) is 0 Å². The number of anilines is 1. The topological polar surface area (TPSA) is 73.1 Å². The van der Waals surface area contributed by atoms with Crippen molar-refractivity contribution in [2.75, 3.05) is 12.0 Å². The number of hydrogen-bond donors (Lipinski definition) is 2. The van der Waals surface area contributed by atoms with Gasteiger partial charge in [0.25, 0.3) is 5.88 Å². The summed E-state index contributed by atoms with van der Waals surface area (Å²) in [5.74, 6) is 6.34. The lowest BCUT2D eigenvalue weighted by Crippen LogP contribution is -2.11. The summed E-state index contributed by atoms with van der Waals surface area (Å²) in [6, 6.07) is 0. The molecule has 0 spiro atoms. The van der Waals surface area contributed by atoms with Gasteiger partial charge in [0.15, 0.2) is 6.61 Å². The highest BCUT2D eigenvalue weighted by atomic mass is 19.1. The van der Waals surface area contributed by atoms with Crippen molar-refractivity contribution >= 4 is 5.95 Å². The van der Waals surface area contributed by atoms with Crippen LogP contribution in [0.2, 0.25) is 0 Å². The van der Waals surface area contributed by atoms with Gasteiger partial charge < -0.3 is 4.74 Å². The molecule has 1 heterocycles. The Labute approximate surface area is 74.1 Å². The second-order valence-corrected chi connectivity index (χ2v) is 1.98. The quantitative estimate of drug-likeness (QED) is 0.388. The molecule has 68 valence electrons. The van der Waals surface area contributed by atoms with Crippen LogP contribution in [-0.4, -0.2) is 16.6 Å². The Hall–Kier alpha value is -1.87. The molecule has 0 unspecified atom stereocenters. The average molecular weight is 182 g/mol. The number of nitrogen functional groups attached to an aromatic ring is 1. The summed E-state index contributed by atoms with van der Waals surface area (Å²) < 4.78 is 17.6. The van der Waals surface area contributed by atoms with Crippen LogP contribution in [-0.2, 0) is 0 Å². The first-order valence-corrected chi connectivity index (χ1v) is 3.33. The molecule has 0 bridgehead atoms. The fourth-order valence-electron chi connectivity index (χ4n) is 0.632. The highest BCUT2D eigenvalue weighted by molar-refractivity contribution is 5.26. The summed E-state index contributed by atoms with van der Waals surface area (Å²) in [5.41, 5.74) is 2.15. The standard InChI is InChI=1S/C7H7FN4O/c1-2-3-13-6-5(8)4-10-7(11-6)12-9/h1,4H,3,9H2,(H,10,11,12). The predicted molar refractivity (Wildman–Crippen MR) is 44.1 cm³/mol. The zero-order valence-corrected chi connectivity index (χ0v) is 6.62. The molecule has 0 aliphatic rings. The number of rotatable bonds is 3. The maximum Gasteiger partial charge on any atom is 0.256 e. The Bertz CT molecular complexity index is 336. The molecular formula is C7H7FN4O. The van der Waals surface area contributed by atoms with Gasteiger partial charge in [0.05, 0.1) is 6.20 Å². The van der Waals surface area contributed by atoms with Crippen molar-refractivity contribution in [3.8, 4) is 18.2 Å². The van der Waals surface area contributed by atoms with E-state index in [4.69, 9.17) is 17.0 Å². The van der Waals surface area contributed by atoms with Crippen molar-refractivity contribution in [1.82, 2.24) is 9.97 Å². The summed E-state index contributed by atoms with van der Waals surface area (Å²) in [7, 11) is 0. The molecule has 6 heteroatoms. The second-order valence-electron chi connectivity index (χ2n) is 1.98. The Morgan fingerprint density at radius 1 is 1.77 bits per heavy atom. The van der Waals surface area contributed by atoms with E-state index >= 15 is 0 Å². The minimum atomic E-state index is -0.686. The third-order valence-corrected chi connectivity index (χ3v) is 1.13. The van der Waals surface area contributed by atoms with Crippen LogP contribution in [0.4, 0.5) is 10.3 Å². The summed E-state index contributed by atoms with van der Waals surface area (Å²) in [4.78, 5) is 7.10. The largest absolute Gasteiger partial charge is 0.462 e. The van der Waals surface area contributed by atoms with E-state index in [0.29, 0.717) is 0 Å². The van der Waals surface area contributed by atoms with E-state index in [-0.39, 0.29) is 18.4 Å². The van der Waals surface area contributed by atoms with Crippen LogP contribution in [0, 0.1) is 18.2 Å². The molecule has 1 aromatic rings. The van der Waals surface area contributed by atoms with Crippen LogP contribution in [0.5, 0.6) is 5.88 Å². The molecule has 0 fully saturated rings.